The van der Waals surface area contributed by atoms with Crippen LogP contribution in [0.25, 0.3) is 0 Å². The van der Waals surface area contributed by atoms with Crippen LogP contribution in [0.5, 0.6) is 11.5 Å². The normalized spacial score (nSPS) is 11.0. The van der Waals surface area contributed by atoms with Crippen molar-refractivity contribution in [3.63, 3.8) is 0 Å². The molecule has 2 aromatic carbocycles. The molecular formula is C18H22N2O5S. The smallest absolute Gasteiger partial charge is 0.241 e. The van der Waals surface area contributed by atoms with Gasteiger partial charge in [0, 0.05) is 6.07 Å². The fourth-order valence-electron chi connectivity index (χ4n) is 2.24. The number of sulfonamides is 1. The minimum absolute atomic E-state index is 0.115. The lowest BCUT2D eigenvalue weighted by Crippen LogP contribution is -2.33. The third kappa shape index (κ3) is 4.96. The minimum Gasteiger partial charge on any atom is -0.497 e. The molecule has 2 N–H and O–H groups in total. The van der Waals surface area contributed by atoms with Gasteiger partial charge in [-0.3, -0.25) is 4.79 Å². The van der Waals surface area contributed by atoms with Gasteiger partial charge in [0.05, 0.1) is 31.3 Å². The van der Waals surface area contributed by atoms with E-state index in [0.29, 0.717) is 17.2 Å². The van der Waals surface area contributed by atoms with Crippen LogP contribution in [0, 0.1) is 0 Å². The van der Waals surface area contributed by atoms with Crippen molar-refractivity contribution in [2.75, 3.05) is 26.1 Å². The Hall–Kier alpha value is -2.58. The predicted octanol–water partition coefficient (Wildman–Crippen LogP) is 2.18. The second-order valence-electron chi connectivity index (χ2n) is 5.44. The molecule has 0 aliphatic rings. The molecule has 140 valence electrons. The van der Waals surface area contributed by atoms with Gasteiger partial charge in [0.2, 0.25) is 15.9 Å². The SMILES string of the molecule is CCc1ccc(S(=O)(=O)NCC(=O)Nc2ccc(OC)cc2OC)cc1. The molecule has 0 aliphatic heterocycles. The highest BCUT2D eigenvalue weighted by Crippen LogP contribution is 2.28. The van der Waals surface area contributed by atoms with Gasteiger partial charge in [-0.05, 0) is 36.2 Å². The summed E-state index contributed by atoms with van der Waals surface area (Å²) in [6.07, 6.45) is 0.819. The lowest BCUT2D eigenvalue weighted by Gasteiger charge is -2.12. The number of nitrogens with one attached hydrogen (secondary N) is 2. The molecule has 0 aliphatic carbocycles. The quantitative estimate of drug-likeness (QED) is 0.734. The van der Waals surface area contributed by atoms with Crippen molar-refractivity contribution in [3.05, 3.63) is 48.0 Å². The van der Waals surface area contributed by atoms with Crippen LogP contribution in [-0.4, -0.2) is 35.1 Å². The standard InChI is InChI=1S/C18H22N2O5S/c1-4-13-5-8-15(9-6-13)26(22,23)19-12-18(21)20-16-10-7-14(24-2)11-17(16)25-3/h5-11,19H,4,12H2,1-3H3,(H,20,21). The van der Waals surface area contributed by atoms with Gasteiger partial charge in [0.15, 0.2) is 0 Å². The first kappa shape index (κ1) is 19.7. The van der Waals surface area contributed by atoms with Crippen molar-refractivity contribution < 1.29 is 22.7 Å². The first-order valence-corrected chi connectivity index (χ1v) is 9.48. The molecule has 8 heteroatoms. The van der Waals surface area contributed by atoms with Gasteiger partial charge in [-0.25, -0.2) is 13.1 Å². The van der Waals surface area contributed by atoms with E-state index in [0.717, 1.165) is 12.0 Å². The van der Waals surface area contributed by atoms with Gasteiger partial charge in [-0.15, -0.1) is 0 Å². The van der Waals surface area contributed by atoms with Crippen LogP contribution in [-0.2, 0) is 21.2 Å². The van der Waals surface area contributed by atoms with E-state index in [1.165, 1.54) is 26.4 Å². The van der Waals surface area contributed by atoms with Crippen molar-refractivity contribution in [1.29, 1.82) is 0 Å². The van der Waals surface area contributed by atoms with E-state index in [1.807, 2.05) is 6.92 Å². The van der Waals surface area contributed by atoms with Crippen LogP contribution in [0.15, 0.2) is 47.4 Å². The average Bonchev–Trinajstić information content (AvgIpc) is 2.66. The maximum atomic E-state index is 12.3. The molecule has 1 amide bonds. The number of ether oxygens (including phenoxy) is 2. The summed E-state index contributed by atoms with van der Waals surface area (Å²) < 4.78 is 37.1. The number of benzene rings is 2. The number of amides is 1. The Morgan fingerprint density at radius 2 is 1.73 bits per heavy atom. The van der Waals surface area contributed by atoms with Crippen molar-refractivity contribution in [2.45, 2.75) is 18.2 Å². The van der Waals surface area contributed by atoms with E-state index in [2.05, 4.69) is 10.0 Å². The molecule has 0 bridgehead atoms. The molecule has 0 fully saturated rings. The molecule has 7 nitrogen and oxygen atoms in total. The van der Waals surface area contributed by atoms with Crippen molar-refractivity contribution in [2.24, 2.45) is 0 Å². The van der Waals surface area contributed by atoms with Gasteiger partial charge in [-0.1, -0.05) is 19.1 Å². The Morgan fingerprint density at radius 3 is 2.31 bits per heavy atom. The van der Waals surface area contributed by atoms with E-state index in [-0.39, 0.29) is 4.90 Å². The topological polar surface area (TPSA) is 93.7 Å². The van der Waals surface area contributed by atoms with Crippen LogP contribution in [0.4, 0.5) is 5.69 Å². The number of rotatable bonds is 8. The lowest BCUT2D eigenvalue weighted by atomic mass is 10.2. The summed E-state index contributed by atoms with van der Waals surface area (Å²) in [5.74, 6) is 0.481. The molecular weight excluding hydrogens is 356 g/mol. The van der Waals surface area contributed by atoms with E-state index < -0.39 is 22.5 Å². The zero-order valence-corrected chi connectivity index (χ0v) is 15.7. The van der Waals surface area contributed by atoms with E-state index >= 15 is 0 Å². The van der Waals surface area contributed by atoms with Gasteiger partial charge in [-0.2, -0.15) is 0 Å². The van der Waals surface area contributed by atoms with Gasteiger partial charge >= 0.3 is 0 Å². The fraction of sp³-hybridized carbons (Fsp3) is 0.278. The summed E-state index contributed by atoms with van der Waals surface area (Å²) in [5, 5.41) is 2.61. The van der Waals surface area contributed by atoms with Gasteiger partial charge in [0.25, 0.3) is 0 Å². The zero-order valence-electron chi connectivity index (χ0n) is 14.9. The Balaban J connectivity index is 2.01. The number of anilines is 1. The maximum absolute atomic E-state index is 12.3. The second kappa shape index (κ2) is 8.68. The Bertz CT molecular complexity index is 864. The monoisotopic (exact) mass is 378 g/mol. The van der Waals surface area contributed by atoms with E-state index in [4.69, 9.17) is 9.47 Å². The highest BCUT2D eigenvalue weighted by Gasteiger charge is 2.16. The first-order chi connectivity index (χ1) is 12.4. The Labute approximate surface area is 153 Å². The maximum Gasteiger partial charge on any atom is 0.241 e. The summed E-state index contributed by atoms with van der Waals surface area (Å²) in [4.78, 5) is 12.2. The van der Waals surface area contributed by atoms with Gasteiger partial charge < -0.3 is 14.8 Å². The first-order valence-electron chi connectivity index (χ1n) is 8.00. The second-order valence-corrected chi connectivity index (χ2v) is 7.20. The van der Waals surface area contributed by atoms with Crippen LogP contribution >= 0.6 is 0 Å². The highest BCUT2D eigenvalue weighted by atomic mass is 32.2. The highest BCUT2D eigenvalue weighted by molar-refractivity contribution is 7.89. The number of carbonyl (C=O) groups excluding carboxylic acids is 1. The van der Waals surface area contributed by atoms with E-state index in [9.17, 15) is 13.2 Å². The molecule has 0 atom stereocenters. The van der Waals surface area contributed by atoms with Gasteiger partial charge in [0.1, 0.15) is 11.5 Å². The summed E-state index contributed by atoms with van der Waals surface area (Å²) in [6, 6.07) is 11.4. The molecule has 0 saturated carbocycles. The minimum atomic E-state index is -3.76. The number of aryl methyl sites for hydroxylation is 1. The van der Waals surface area contributed by atoms with Crippen LogP contribution in [0.2, 0.25) is 0 Å². The van der Waals surface area contributed by atoms with Crippen molar-refractivity contribution >= 4 is 21.6 Å². The number of carbonyl (C=O) groups is 1. The molecule has 26 heavy (non-hydrogen) atoms. The average molecular weight is 378 g/mol. The molecule has 0 spiro atoms. The molecule has 0 unspecified atom stereocenters. The Kier molecular flexibility index (Phi) is 6.59. The number of methoxy groups -OCH3 is 2. The lowest BCUT2D eigenvalue weighted by molar-refractivity contribution is -0.115. The van der Waals surface area contributed by atoms with Crippen LogP contribution in [0.1, 0.15) is 12.5 Å². The molecule has 0 heterocycles. The molecule has 2 rings (SSSR count). The largest absolute Gasteiger partial charge is 0.497 e. The van der Waals surface area contributed by atoms with Crippen LogP contribution < -0.4 is 19.5 Å². The summed E-state index contributed by atoms with van der Waals surface area (Å²) in [6.45, 7) is 1.59. The van der Waals surface area contributed by atoms with Crippen molar-refractivity contribution in [1.82, 2.24) is 4.72 Å². The summed E-state index contributed by atoms with van der Waals surface area (Å²) in [7, 11) is -0.773. The molecule has 0 saturated heterocycles. The third-order valence-corrected chi connectivity index (χ3v) is 5.16. The third-order valence-electron chi connectivity index (χ3n) is 3.75. The summed E-state index contributed by atoms with van der Waals surface area (Å²) >= 11 is 0. The molecule has 2 aromatic rings. The Morgan fingerprint density at radius 1 is 1.04 bits per heavy atom. The summed E-state index contributed by atoms with van der Waals surface area (Å²) in [5.41, 5.74) is 1.46. The molecule has 0 aromatic heterocycles. The van der Waals surface area contributed by atoms with E-state index in [1.54, 1.807) is 30.3 Å². The fourth-order valence-corrected chi connectivity index (χ4v) is 3.23. The number of hydrogen-bond donors (Lipinski definition) is 2. The predicted molar refractivity (Wildman–Crippen MR) is 99.2 cm³/mol. The number of hydrogen-bond acceptors (Lipinski definition) is 5. The van der Waals surface area contributed by atoms with Crippen LogP contribution in [0.3, 0.4) is 0 Å². The molecule has 0 radical (unpaired) electrons. The zero-order chi connectivity index (χ0) is 19.2. The van der Waals surface area contributed by atoms with Crippen molar-refractivity contribution in [3.8, 4) is 11.5 Å².